The van der Waals surface area contributed by atoms with E-state index in [1.54, 1.807) is 13.8 Å². The molecule has 0 fully saturated rings. The third-order valence-corrected chi connectivity index (χ3v) is 2.80. The summed E-state index contributed by atoms with van der Waals surface area (Å²) in [6.45, 7) is 5.19. The number of nitro groups is 1. The van der Waals surface area contributed by atoms with E-state index in [2.05, 4.69) is 0 Å². The van der Waals surface area contributed by atoms with Gasteiger partial charge in [0.1, 0.15) is 0 Å². The smallest absolute Gasteiger partial charge is 0.352 e. The zero-order valence-corrected chi connectivity index (χ0v) is 10.5. The van der Waals surface area contributed by atoms with Gasteiger partial charge in [0.05, 0.1) is 10.3 Å². The molecule has 0 saturated heterocycles. The van der Waals surface area contributed by atoms with Crippen molar-refractivity contribution in [3.63, 3.8) is 0 Å². The standard InChI is InChI=1S/C12H15NO5/c1-4-12(2,3)11(15)18-9-7-5-6-8(14)10(9)13(16)17/h5-7,14H,4H2,1-3H3. The molecule has 0 aliphatic heterocycles. The first kappa shape index (κ1) is 14.0. The molecule has 0 atom stereocenters. The van der Waals surface area contributed by atoms with Crippen LogP contribution in [0, 0.1) is 15.5 Å². The van der Waals surface area contributed by atoms with Crippen LogP contribution >= 0.6 is 0 Å². The van der Waals surface area contributed by atoms with Gasteiger partial charge in [-0.05, 0) is 32.4 Å². The number of carbonyl (C=O) groups is 1. The number of benzene rings is 1. The van der Waals surface area contributed by atoms with Crippen molar-refractivity contribution in [2.24, 2.45) is 5.41 Å². The molecule has 0 aliphatic rings. The van der Waals surface area contributed by atoms with Crippen molar-refractivity contribution in [1.82, 2.24) is 0 Å². The average Bonchev–Trinajstić information content (AvgIpc) is 2.28. The molecule has 1 N–H and O–H groups in total. The third kappa shape index (κ3) is 2.77. The van der Waals surface area contributed by atoms with Crippen molar-refractivity contribution in [3.05, 3.63) is 28.3 Å². The Balaban J connectivity index is 3.09. The lowest BCUT2D eigenvalue weighted by molar-refractivity contribution is -0.386. The minimum Gasteiger partial charge on any atom is -0.502 e. The second kappa shape index (κ2) is 5.03. The average molecular weight is 253 g/mol. The minimum absolute atomic E-state index is 0.244. The lowest BCUT2D eigenvalue weighted by Gasteiger charge is -2.19. The molecule has 0 heterocycles. The Morgan fingerprint density at radius 3 is 2.61 bits per heavy atom. The first-order valence-electron chi connectivity index (χ1n) is 5.48. The summed E-state index contributed by atoms with van der Waals surface area (Å²) in [6.07, 6.45) is 0.540. The van der Waals surface area contributed by atoms with Gasteiger partial charge in [-0.2, -0.15) is 0 Å². The van der Waals surface area contributed by atoms with E-state index < -0.39 is 27.7 Å². The highest BCUT2D eigenvalue weighted by Gasteiger charge is 2.31. The van der Waals surface area contributed by atoms with Gasteiger partial charge < -0.3 is 9.84 Å². The van der Waals surface area contributed by atoms with Crippen molar-refractivity contribution < 1.29 is 19.6 Å². The van der Waals surface area contributed by atoms with Crippen LogP contribution in [0.25, 0.3) is 0 Å². The first-order chi connectivity index (χ1) is 8.29. The molecule has 1 aromatic rings. The number of phenolic OH excluding ortho intramolecular Hbond substituents is 1. The Morgan fingerprint density at radius 2 is 2.11 bits per heavy atom. The monoisotopic (exact) mass is 253 g/mol. The predicted molar refractivity (Wildman–Crippen MR) is 64.5 cm³/mol. The third-order valence-electron chi connectivity index (χ3n) is 2.80. The molecule has 98 valence electrons. The van der Waals surface area contributed by atoms with E-state index in [-0.39, 0.29) is 5.75 Å². The molecule has 0 bridgehead atoms. The van der Waals surface area contributed by atoms with Gasteiger partial charge in [0, 0.05) is 0 Å². The van der Waals surface area contributed by atoms with Gasteiger partial charge in [-0.25, -0.2) is 0 Å². The quantitative estimate of drug-likeness (QED) is 0.385. The van der Waals surface area contributed by atoms with Gasteiger partial charge in [0.15, 0.2) is 5.75 Å². The highest BCUT2D eigenvalue weighted by Crippen LogP contribution is 2.36. The fourth-order valence-electron chi connectivity index (χ4n) is 1.16. The van der Waals surface area contributed by atoms with Crippen molar-refractivity contribution >= 4 is 11.7 Å². The second-order valence-corrected chi connectivity index (χ2v) is 4.51. The van der Waals surface area contributed by atoms with Crippen LogP contribution in [0.5, 0.6) is 11.5 Å². The summed E-state index contributed by atoms with van der Waals surface area (Å²) >= 11 is 0. The molecule has 0 unspecified atom stereocenters. The molecule has 0 spiro atoms. The number of hydrogen-bond acceptors (Lipinski definition) is 5. The lowest BCUT2D eigenvalue weighted by atomic mass is 9.91. The molecule has 0 amide bonds. The Hall–Kier alpha value is -2.11. The Labute approximate surface area is 104 Å². The summed E-state index contributed by atoms with van der Waals surface area (Å²) < 4.78 is 5.00. The van der Waals surface area contributed by atoms with Crippen molar-refractivity contribution in [1.29, 1.82) is 0 Å². The predicted octanol–water partition coefficient (Wildman–Crippen LogP) is 2.64. The molecule has 6 nitrogen and oxygen atoms in total. The van der Waals surface area contributed by atoms with E-state index in [9.17, 15) is 20.0 Å². The normalized spacial score (nSPS) is 11.1. The highest BCUT2D eigenvalue weighted by molar-refractivity contribution is 5.79. The lowest BCUT2D eigenvalue weighted by Crippen LogP contribution is -2.28. The van der Waals surface area contributed by atoms with E-state index >= 15 is 0 Å². The van der Waals surface area contributed by atoms with Crippen LogP contribution in [0.1, 0.15) is 27.2 Å². The molecule has 0 radical (unpaired) electrons. The number of carbonyl (C=O) groups excluding carboxylic acids is 1. The van der Waals surface area contributed by atoms with Gasteiger partial charge >= 0.3 is 11.7 Å². The Bertz CT molecular complexity index is 481. The highest BCUT2D eigenvalue weighted by atomic mass is 16.6. The number of para-hydroxylation sites is 1. The van der Waals surface area contributed by atoms with Crippen molar-refractivity contribution in [2.45, 2.75) is 27.2 Å². The number of hydrogen-bond donors (Lipinski definition) is 1. The van der Waals surface area contributed by atoms with Crippen molar-refractivity contribution in [2.75, 3.05) is 0 Å². The molecule has 1 aromatic carbocycles. The SMILES string of the molecule is CCC(C)(C)C(=O)Oc1cccc(O)c1[N+](=O)[O-]. The number of esters is 1. The van der Waals surface area contributed by atoms with Crippen LogP contribution in [0.15, 0.2) is 18.2 Å². The number of nitro benzene ring substituents is 1. The van der Waals surface area contributed by atoms with Gasteiger partial charge in [-0.15, -0.1) is 0 Å². The molecule has 0 aliphatic carbocycles. The number of rotatable bonds is 4. The van der Waals surface area contributed by atoms with Crippen molar-refractivity contribution in [3.8, 4) is 11.5 Å². The first-order valence-corrected chi connectivity index (χ1v) is 5.48. The number of nitrogens with zero attached hydrogens (tertiary/aromatic N) is 1. The summed E-state index contributed by atoms with van der Waals surface area (Å²) in [4.78, 5) is 21.8. The largest absolute Gasteiger partial charge is 0.502 e. The van der Waals surface area contributed by atoms with Gasteiger partial charge in [0.2, 0.25) is 5.75 Å². The zero-order chi connectivity index (χ0) is 13.9. The van der Waals surface area contributed by atoms with E-state index in [0.717, 1.165) is 0 Å². The maximum absolute atomic E-state index is 11.8. The summed E-state index contributed by atoms with van der Waals surface area (Å²) in [7, 11) is 0. The maximum Gasteiger partial charge on any atom is 0.352 e. The van der Waals surface area contributed by atoms with Crippen LogP contribution in [-0.4, -0.2) is 16.0 Å². The summed E-state index contributed by atoms with van der Waals surface area (Å²) in [5, 5.41) is 20.2. The Morgan fingerprint density at radius 1 is 1.50 bits per heavy atom. The van der Waals surface area contributed by atoms with Crippen LogP contribution in [-0.2, 0) is 4.79 Å². The molecular weight excluding hydrogens is 238 g/mol. The molecule has 18 heavy (non-hydrogen) atoms. The molecule has 6 heteroatoms. The summed E-state index contributed by atoms with van der Waals surface area (Å²) in [6, 6.07) is 3.83. The van der Waals surface area contributed by atoms with E-state index in [0.29, 0.717) is 6.42 Å². The summed E-state index contributed by atoms with van der Waals surface area (Å²) in [5.41, 5.74) is -1.34. The molecule has 1 rings (SSSR count). The van der Waals surface area contributed by atoms with Crippen LogP contribution in [0.2, 0.25) is 0 Å². The zero-order valence-electron chi connectivity index (χ0n) is 10.5. The number of aromatic hydroxyl groups is 1. The fourth-order valence-corrected chi connectivity index (χ4v) is 1.16. The van der Waals surface area contributed by atoms with E-state index in [1.807, 2.05) is 6.92 Å². The van der Waals surface area contributed by atoms with Crippen LogP contribution in [0.3, 0.4) is 0 Å². The minimum atomic E-state index is -0.781. The summed E-state index contributed by atoms with van der Waals surface area (Å²) in [5.74, 6) is -1.34. The molecule has 0 aromatic heterocycles. The fraction of sp³-hybridized carbons (Fsp3) is 0.417. The topological polar surface area (TPSA) is 89.7 Å². The van der Waals surface area contributed by atoms with Gasteiger partial charge in [-0.1, -0.05) is 13.0 Å². The number of phenols is 1. The van der Waals surface area contributed by atoms with Crippen LogP contribution in [0.4, 0.5) is 5.69 Å². The maximum atomic E-state index is 11.8. The Kier molecular flexibility index (Phi) is 3.90. The second-order valence-electron chi connectivity index (χ2n) is 4.51. The van der Waals surface area contributed by atoms with Crippen LogP contribution < -0.4 is 4.74 Å². The van der Waals surface area contributed by atoms with Gasteiger partial charge in [-0.3, -0.25) is 14.9 Å². The van der Waals surface area contributed by atoms with E-state index in [4.69, 9.17) is 4.74 Å². The molecule has 0 saturated carbocycles. The van der Waals surface area contributed by atoms with E-state index in [1.165, 1.54) is 18.2 Å². The van der Waals surface area contributed by atoms with Gasteiger partial charge in [0.25, 0.3) is 0 Å². The number of ether oxygens (including phenoxy) is 1. The molecular formula is C12H15NO5.